The van der Waals surface area contributed by atoms with E-state index in [1.807, 2.05) is 41.3 Å². The highest BCUT2D eigenvalue weighted by Crippen LogP contribution is 2.40. The summed E-state index contributed by atoms with van der Waals surface area (Å²) in [7, 11) is 2.70. The van der Waals surface area contributed by atoms with Crippen molar-refractivity contribution >= 4 is 29.3 Å². The molecule has 0 bridgehead atoms. The molecule has 0 radical (unpaired) electrons. The van der Waals surface area contributed by atoms with Gasteiger partial charge in [0.25, 0.3) is 0 Å². The summed E-state index contributed by atoms with van der Waals surface area (Å²) in [5, 5.41) is 3.82. The number of furan rings is 1. The van der Waals surface area contributed by atoms with Crippen LogP contribution in [0.25, 0.3) is 11.3 Å². The topological polar surface area (TPSA) is 93.9 Å². The zero-order valence-electron chi connectivity index (χ0n) is 18.2. The Morgan fingerprint density at radius 1 is 1.12 bits per heavy atom. The van der Waals surface area contributed by atoms with Gasteiger partial charge >= 0.3 is 11.9 Å². The number of esters is 2. The van der Waals surface area contributed by atoms with Gasteiger partial charge in [-0.05, 0) is 48.6 Å². The van der Waals surface area contributed by atoms with Crippen LogP contribution < -0.4 is 5.32 Å². The highest BCUT2D eigenvalue weighted by atomic mass is 32.1. The number of benzene rings is 1. The first-order valence-electron chi connectivity index (χ1n) is 10.3. The molecule has 2 unspecified atom stereocenters. The van der Waals surface area contributed by atoms with Gasteiger partial charge in [-0.3, -0.25) is 9.78 Å². The maximum absolute atomic E-state index is 11.9. The summed E-state index contributed by atoms with van der Waals surface area (Å²) >= 11 is 5.58. The largest absolute Gasteiger partial charge is 0.469 e. The van der Waals surface area contributed by atoms with E-state index in [0.29, 0.717) is 28.7 Å². The van der Waals surface area contributed by atoms with Gasteiger partial charge in [0.05, 0.1) is 37.9 Å². The first-order chi connectivity index (χ1) is 16.0. The van der Waals surface area contributed by atoms with Gasteiger partial charge in [-0.15, -0.1) is 0 Å². The van der Waals surface area contributed by atoms with Gasteiger partial charge < -0.3 is 24.1 Å². The number of thiocarbonyl (C=S) groups is 1. The van der Waals surface area contributed by atoms with E-state index < -0.39 is 5.97 Å². The lowest BCUT2D eigenvalue weighted by Gasteiger charge is -2.25. The molecule has 1 saturated heterocycles. The van der Waals surface area contributed by atoms with E-state index in [0.717, 1.165) is 11.3 Å². The van der Waals surface area contributed by atoms with E-state index >= 15 is 0 Å². The Labute approximate surface area is 196 Å². The maximum Gasteiger partial charge on any atom is 0.337 e. The van der Waals surface area contributed by atoms with Gasteiger partial charge in [-0.25, -0.2) is 4.79 Å². The van der Waals surface area contributed by atoms with Crippen molar-refractivity contribution in [3.05, 3.63) is 77.8 Å². The monoisotopic (exact) mass is 465 g/mol. The van der Waals surface area contributed by atoms with E-state index in [2.05, 4.69) is 10.3 Å². The van der Waals surface area contributed by atoms with Crippen LogP contribution in [-0.2, 0) is 14.3 Å². The van der Waals surface area contributed by atoms with Crippen molar-refractivity contribution in [3.63, 3.8) is 0 Å². The van der Waals surface area contributed by atoms with Crippen molar-refractivity contribution in [2.45, 2.75) is 18.5 Å². The summed E-state index contributed by atoms with van der Waals surface area (Å²) in [4.78, 5) is 30.1. The van der Waals surface area contributed by atoms with Crippen LogP contribution in [0.4, 0.5) is 0 Å². The third kappa shape index (κ3) is 4.73. The lowest BCUT2D eigenvalue weighted by Crippen LogP contribution is -2.31. The zero-order valence-corrected chi connectivity index (χ0v) is 19.0. The highest BCUT2D eigenvalue weighted by Gasteiger charge is 2.41. The molecule has 1 aromatic carbocycles. The van der Waals surface area contributed by atoms with Crippen molar-refractivity contribution in [2.24, 2.45) is 0 Å². The van der Waals surface area contributed by atoms with Crippen molar-refractivity contribution in [2.75, 3.05) is 20.8 Å². The minimum atomic E-state index is -0.418. The van der Waals surface area contributed by atoms with Crippen LogP contribution in [-0.4, -0.2) is 47.7 Å². The molecular weight excluding hydrogens is 442 g/mol. The maximum atomic E-state index is 11.9. The number of rotatable bonds is 7. The number of carbonyl (C=O) groups is 2. The summed E-state index contributed by atoms with van der Waals surface area (Å²) in [5.74, 6) is 0.512. The summed E-state index contributed by atoms with van der Waals surface area (Å²) in [5.41, 5.74) is 1.98. The number of hydrogen-bond donors (Lipinski definition) is 1. The van der Waals surface area contributed by atoms with Crippen LogP contribution in [0.5, 0.6) is 0 Å². The number of nitrogens with one attached hydrogen (secondary N) is 1. The van der Waals surface area contributed by atoms with Crippen LogP contribution in [0, 0.1) is 0 Å². The lowest BCUT2D eigenvalue weighted by molar-refractivity contribution is -0.140. The molecule has 1 aliphatic rings. The molecule has 170 valence electrons. The number of hydrogen-bond acceptors (Lipinski definition) is 7. The Balaban J connectivity index is 1.68. The van der Waals surface area contributed by atoms with Crippen LogP contribution in [0.15, 0.2) is 65.2 Å². The average molecular weight is 466 g/mol. The lowest BCUT2D eigenvalue weighted by atomic mass is 10.0. The molecule has 8 nitrogen and oxygen atoms in total. The number of pyridine rings is 1. The second kappa shape index (κ2) is 9.83. The number of nitrogens with zero attached hydrogens (tertiary/aromatic N) is 2. The smallest absolute Gasteiger partial charge is 0.337 e. The number of carbonyl (C=O) groups excluding carboxylic acids is 2. The molecule has 2 atom stereocenters. The highest BCUT2D eigenvalue weighted by molar-refractivity contribution is 7.80. The van der Waals surface area contributed by atoms with Crippen LogP contribution in [0.2, 0.25) is 0 Å². The predicted octanol–water partition coefficient (Wildman–Crippen LogP) is 3.66. The Hall–Kier alpha value is -3.72. The van der Waals surface area contributed by atoms with E-state index in [1.165, 1.54) is 14.2 Å². The quantitative estimate of drug-likeness (QED) is 0.414. The molecular formula is C24H23N3O5S. The molecule has 1 aliphatic heterocycles. The van der Waals surface area contributed by atoms with Crippen LogP contribution in [0.1, 0.15) is 40.3 Å². The standard InChI is InChI=1S/C24H23N3O5S/c1-30-20(28)11-13-27-22(21(26-24(27)33)17-8-3-4-12-25-17)19-10-9-18(32-19)15-6-5-7-16(14-15)23(29)31-2/h3-10,12,14,21-22H,11,13H2,1-2H3,(H,26,33). The molecule has 2 aromatic heterocycles. The Bertz CT molecular complexity index is 1160. The molecule has 33 heavy (non-hydrogen) atoms. The van der Waals surface area contributed by atoms with Crippen molar-refractivity contribution in [1.29, 1.82) is 0 Å². The summed E-state index contributed by atoms with van der Waals surface area (Å²) in [6.45, 7) is 0.361. The Morgan fingerprint density at radius 2 is 1.97 bits per heavy atom. The Morgan fingerprint density at radius 3 is 2.70 bits per heavy atom. The van der Waals surface area contributed by atoms with E-state index in [1.54, 1.807) is 24.4 Å². The molecule has 0 aliphatic carbocycles. The second-order valence-electron chi connectivity index (χ2n) is 7.42. The van der Waals surface area contributed by atoms with E-state index in [-0.39, 0.29) is 24.5 Å². The van der Waals surface area contributed by atoms with Crippen LogP contribution in [0.3, 0.4) is 0 Å². The molecule has 0 spiro atoms. The fraction of sp³-hybridized carbons (Fsp3) is 0.250. The van der Waals surface area contributed by atoms with E-state index in [9.17, 15) is 9.59 Å². The molecule has 0 amide bonds. The van der Waals surface area contributed by atoms with Gasteiger partial charge in [-0.1, -0.05) is 18.2 Å². The SMILES string of the molecule is COC(=O)CCN1C(=S)NC(c2ccccn2)C1c1ccc(-c2cccc(C(=O)OC)c2)o1. The normalized spacial score (nSPS) is 17.5. The fourth-order valence-electron chi connectivity index (χ4n) is 3.85. The average Bonchev–Trinajstić information content (AvgIpc) is 3.47. The Kier molecular flexibility index (Phi) is 6.69. The first-order valence-corrected chi connectivity index (χ1v) is 10.8. The third-order valence-electron chi connectivity index (χ3n) is 5.47. The minimum absolute atomic E-state index is 0.179. The third-order valence-corrected chi connectivity index (χ3v) is 5.82. The predicted molar refractivity (Wildman–Crippen MR) is 124 cm³/mol. The molecule has 0 saturated carbocycles. The molecule has 3 aromatic rings. The summed E-state index contributed by atoms with van der Waals surface area (Å²) < 4.78 is 15.9. The molecule has 3 heterocycles. The summed E-state index contributed by atoms with van der Waals surface area (Å²) in [6, 6.07) is 15.8. The van der Waals surface area contributed by atoms with Gasteiger partial charge in [0.1, 0.15) is 17.6 Å². The first kappa shape index (κ1) is 22.5. The van der Waals surface area contributed by atoms with Gasteiger partial charge in [0.2, 0.25) is 0 Å². The number of aromatic nitrogens is 1. The minimum Gasteiger partial charge on any atom is -0.469 e. The number of methoxy groups -OCH3 is 2. The van der Waals surface area contributed by atoms with Gasteiger partial charge in [0.15, 0.2) is 5.11 Å². The second-order valence-corrected chi connectivity index (χ2v) is 7.81. The summed E-state index contributed by atoms with van der Waals surface area (Å²) in [6.07, 6.45) is 1.90. The molecule has 9 heteroatoms. The van der Waals surface area contributed by atoms with Crippen molar-refractivity contribution in [3.8, 4) is 11.3 Å². The van der Waals surface area contributed by atoms with Crippen molar-refractivity contribution in [1.82, 2.24) is 15.2 Å². The molecule has 4 rings (SSSR count). The molecule has 1 N–H and O–H groups in total. The zero-order chi connectivity index (χ0) is 23.4. The van der Waals surface area contributed by atoms with Gasteiger partial charge in [-0.2, -0.15) is 0 Å². The van der Waals surface area contributed by atoms with E-state index in [4.69, 9.17) is 26.1 Å². The number of ether oxygens (including phenoxy) is 2. The molecule has 1 fully saturated rings. The van der Waals surface area contributed by atoms with Crippen molar-refractivity contribution < 1.29 is 23.5 Å². The van der Waals surface area contributed by atoms with Crippen LogP contribution >= 0.6 is 12.2 Å². The fourth-order valence-corrected chi connectivity index (χ4v) is 4.19. The van der Waals surface area contributed by atoms with Gasteiger partial charge in [0, 0.05) is 18.3 Å².